The van der Waals surface area contributed by atoms with Crippen LogP contribution in [-0.4, -0.2) is 34.2 Å². The van der Waals surface area contributed by atoms with Crippen LogP contribution in [0.3, 0.4) is 0 Å². The summed E-state index contributed by atoms with van der Waals surface area (Å²) in [5, 5.41) is 17.8. The van der Waals surface area contributed by atoms with E-state index in [2.05, 4.69) is 0 Å². The van der Waals surface area contributed by atoms with E-state index in [9.17, 15) is 14.4 Å². The summed E-state index contributed by atoms with van der Waals surface area (Å²) in [5.41, 5.74) is 1.26. The van der Waals surface area contributed by atoms with Crippen molar-refractivity contribution in [2.24, 2.45) is 0 Å². The Kier molecular flexibility index (Phi) is 5.90. The van der Waals surface area contributed by atoms with Gasteiger partial charge in [-0.25, -0.2) is 0 Å². The molecule has 0 saturated carbocycles. The lowest BCUT2D eigenvalue weighted by Gasteiger charge is -2.13. The first-order chi connectivity index (χ1) is 9.79. The molecule has 2 N–H and O–H groups in total. The van der Waals surface area contributed by atoms with Crippen LogP contribution >= 0.6 is 0 Å². The minimum atomic E-state index is -1.08. The topological polar surface area (TPSA) is 101 Å². The fourth-order valence-corrected chi connectivity index (χ4v) is 2.02. The van der Waals surface area contributed by atoms with Crippen molar-refractivity contribution in [3.8, 4) is 0 Å². The number of aliphatic carboxylic acids is 2. The van der Waals surface area contributed by atoms with Gasteiger partial charge in [-0.15, -0.1) is 0 Å². The average Bonchev–Trinajstić information content (AvgIpc) is 2.30. The number of rotatable bonds is 7. The van der Waals surface area contributed by atoms with Crippen LogP contribution in [0.4, 0.5) is 0 Å². The highest BCUT2D eigenvalue weighted by Crippen LogP contribution is 2.18. The van der Waals surface area contributed by atoms with Gasteiger partial charge in [0.1, 0.15) is 0 Å². The van der Waals surface area contributed by atoms with E-state index >= 15 is 0 Å². The number of carbonyl (C=O) groups excluding carboxylic acids is 1. The minimum Gasteiger partial charge on any atom is -0.481 e. The predicted molar refractivity (Wildman–Crippen MR) is 74.1 cm³/mol. The molecule has 0 aliphatic carbocycles. The van der Waals surface area contributed by atoms with E-state index in [0.717, 1.165) is 0 Å². The quantitative estimate of drug-likeness (QED) is 0.738. The molecule has 0 fully saturated rings. The van der Waals surface area contributed by atoms with E-state index < -0.39 is 17.9 Å². The second-order valence-electron chi connectivity index (χ2n) is 4.91. The number of esters is 1. The van der Waals surface area contributed by atoms with Gasteiger partial charge in [-0.3, -0.25) is 14.4 Å². The maximum atomic E-state index is 11.7. The van der Waals surface area contributed by atoms with E-state index in [1.165, 1.54) is 0 Å². The Bertz CT molecular complexity index is 547. The SMILES string of the molecule is CC(C)OC(=O)Cc1cccc(CC(=O)O)c1CC(=O)O. The summed E-state index contributed by atoms with van der Waals surface area (Å²) in [5.74, 6) is -2.60. The average molecular weight is 294 g/mol. The number of ether oxygens (including phenoxy) is 1. The van der Waals surface area contributed by atoms with Crippen LogP contribution in [0.5, 0.6) is 0 Å². The summed E-state index contributed by atoms with van der Waals surface area (Å²) in [6.45, 7) is 3.44. The van der Waals surface area contributed by atoms with Gasteiger partial charge in [-0.05, 0) is 30.5 Å². The van der Waals surface area contributed by atoms with Crippen LogP contribution in [0.1, 0.15) is 30.5 Å². The van der Waals surface area contributed by atoms with Gasteiger partial charge >= 0.3 is 17.9 Å². The van der Waals surface area contributed by atoms with Crippen molar-refractivity contribution in [2.45, 2.75) is 39.2 Å². The summed E-state index contributed by atoms with van der Waals surface area (Å²) >= 11 is 0. The molecule has 1 aromatic carbocycles. The zero-order valence-corrected chi connectivity index (χ0v) is 12.0. The number of benzene rings is 1. The molecule has 6 heteroatoms. The van der Waals surface area contributed by atoms with E-state index in [4.69, 9.17) is 14.9 Å². The molecule has 21 heavy (non-hydrogen) atoms. The molecule has 0 aliphatic rings. The minimum absolute atomic E-state index is 0.0751. The summed E-state index contributed by atoms with van der Waals surface area (Å²) in [6.07, 6.45) is -0.944. The smallest absolute Gasteiger partial charge is 0.310 e. The Labute approximate surface area is 122 Å². The second-order valence-corrected chi connectivity index (χ2v) is 4.91. The molecule has 114 valence electrons. The van der Waals surface area contributed by atoms with Crippen molar-refractivity contribution in [1.29, 1.82) is 0 Å². The van der Waals surface area contributed by atoms with E-state index in [0.29, 0.717) is 16.7 Å². The van der Waals surface area contributed by atoms with Crippen LogP contribution < -0.4 is 0 Å². The monoisotopic (exact) mass is 294 g/mol. The van der Waals surface area contributed by atoms with Gasteiger partial charge in [0.15, 0.2) is 0 Å². The molecule has 0 atom stereocenters. The lowest BCUT2D eigenvalue weighted by Crippen LogP contribution is -2.17. The highest BCUT2D eigenvalue weighted by molar-refractivity contribution is 5.78. The maximum Gasteiger partial charge on any atom is 0.310 e. The lowest BCUT2D eigenvalue weighted by atomic mass is 9.94. The molecule has 1 rings (SSSR count). The standard InChI is InChI=1S/C15H18O6/c1-9(2)21-15(20)7-11-5-3-4-10(6-13(16)17)12(11)8-14(18)19/h3-5,9H,6-8H2,1-2H3,(H,16,17)(H,18,19). The first-order valence-corrected chi connectivity index (χ1v) is 6.52. The summed E-state index contributed by atoms with van der Waals surface area (Å²) in [6, 6.07) is 4.79. The Morgan fingerprint density at radius 1 is 1.00 bits per heavy atom. The molecule has 0 aromatic heterocycles. The number of carbonyl (C=O) groups is 3. The number of hydrogen-bond donors (Lipinski definition) is 2. The van der Waals surface area contributed by atoms with Crippen LogP contribution in [0.25, 0.3) is 0 Å². The zero-order valence-electron chi connectivity index (χ0n) is 12.0. The first-order valence-electron chi connectivity index (χ1n) is 6.52. The van der Waals surface area contributed by atoms with Gasteiger partial charge in [0.25, 0.3) is 0 Å². The van der Waals surface area contributed by atoms with E-state index in [-0.39, 0.29) is 25.4 Å². The molecule has 0 bridgehead atoms. The first kappa shape index (κ1) is 16.7. The third-order valence-corrected chi connectivity index (χ3v) is 2.74. The van der Waals surface area contributed by atoms with Gasteiger partial charge in [0.05, 0.1) is 25.4 Å². The summed E-state index contributed by atoms with van der Waals surface area (Å²) in [4.78, 5) is 33.5. The lowest BCUT2D eigenvalue weighted by molar-refractivity contribution is -0.146. The second kappa shape index (κ2) is 7.42. The molecule has 0 radical (unpaired) electrons. The Morgan fingerprint density at radius 3 is 2.00 bits per heavy atom. The van der Waals surface area contributed by atoms with Gasteiger partial charge in [0, 0.05) is 0 Å². The van der Waals surface area contributed by atoms with Crippen LogP contribution in [0.2, 0.25) is 0 Å². The van der Waals surface area contributed by atoms with Crippen LogP contribution in [0.15, 0.2) is 18.2 Å². The molecular formula is C15H18O6. The highest BCUT2D eigenvalue weighted by Gasteiger charge is 2.17. The summed E-state index contributed by atoms with van der Waals surface area (Å²) < 4.78 is 5.03. The fraction of sp³-hybridized carbons (Fsp3) is 0.400. The zero-order chi connectivity index (χ0) is 16.0. The van der Waals surface area contributed by atoms with Crippen LogP contribution in [0, 0.1) is 0 Å². The van der Waals surface area contributed by atoms with Crippen LogP contribution in [-0.2, 0) is 38.4 Å². The molecule has 6 nitrogen and oxygen atoms in total. The van der Waals surface area contributed by atoms with Gasteiger partial charge in [-0.1, -0.05) is 18.2 Å². The maximum absolute atomic E-state index is 11.7. The number of carboxylic acids is 2. The Balaban J connectivity index is 3.08. The fourth-order valence-electron chi connectivity index (χ4n) is 2.02. The molecule has 0 saturated heterocycles. The van der Waals surface area contributed by atoms with Crippen molar-refractivity contribution in [3.05, 3.63) is 34.9 Å². The molecule has 0 amide bonds. The molecule has 0 heterocycles. The molecule has 0 aliphatic heterocycles. The molecule has 0 spiro atoms. The van der Waals surface area contributed by atoms with Crippen molar-refractivity contribution < 1.29 is 29.3 Å². The third kappa shape index (κ3) is 5.64. The van der Waals surface area contributed by atoms with Crippen molar-refractivity contribution >= 4 is 17.9 Å². The van der Waals surface area contributed by atoms with Gasteiger partial charge in [0.2, 0.25) is 0 Å². The van der Waals surface area contributed by atoms with Gasteiger partial charge < -0.3 is 14.9 Å². The Hall–Kier alpha value is -2.37. The normalized spacial score (nSPS) is 10.4. The highest BCUT2D eigenvalue weighted by atomic mass is 16.5. The number of carboxylic acid groups (broad SMARTS) is 2. The molecule has 1 aromatic rings. The predicted octanol–water partition coefficient (Wildman–Crippen LogP) is 1.43. The summed E-state index contributed by atoms with van der Waals surface area (Å²) in [7, 11) is 0. The van der Waals surface area contributed by atoms with E-state index in [1.54, 1.807) is 32.0 Å². The number of hydrogen-bond acceptors (Lipinski definition) is 4. The van der Waals surface area contributed by atoms with E-state index in [1.807, 2.05) is 0 Å². The van der Waals surface area contributed by atoms with Crippen molar-refractivity contribution in [2.75, 3.05) is 0 Å². The molecule has 0 unspecified atom stereocenters. The Morgan fingerprint density at radius 2 is 1.52 bits per heavy atom. The van der Waals surface area contributed by atoms with Crippen molar-refractivity contribution in [3.63, 3.8) is 0 Å². The van der Waals surface area contributed by atoms with Gasteiger partial charge in [-0.2, -0.15) is 0 Å². The molecular weight excluding hydrogens is 276 g/mol. The largest absolute Gasteiger partial charge is 0.481 e. The van der Waals surface area contributed by atoms with Crippen molar-refractivity contribution in [1.82, 2.24) is 0 Å². The third-order valence-electron chi connectivity index (χ3n) is 2.74.